The number of hydrogen-bond acceptors (Lipinski definition) is 5. The van der Waals surface area contributed by atoms with Crippen LogP contribution in [0.1, 0.15) is 35.0 Å². The van der Waals surface area contributed by atoms with Gasteiger partial charge < -0.3 is 19.2 Å². The van der Waals surface area contributed by atoms with Crippen molar-refractivity contribution >= 4 is 23.6 Å². The highest BCUT2D eigenvalue weighted by Crippen LogP contribution is 2.25. The first-order valence-electron chi connectivity index (χ1n) is 7.76. The van der Waals surface area contributed by atoms with Crippen LogP contribution in [0, 0.1) is 0 Å². The zero-order valence-electron chi connectivity index (χ0n) is 13.7. The zero-order valence-corrected chi connectivity index (χ0v) is 14.5. The molecule has 1 N–H and O–H groups in total. The van der Waals surface area contributed by atoms with E-state index in [1.807, 2.05) is 22.6 Å². The summed E-state index contributed by atoms with van der Waals surface area (Å²) in [7, 11) is 0. The lowest BCUT2D eigenvalue weighted by molar-refractivity contribution is -0.131. The molecule has 0 aliphatic carbocycles. The molecule has 0 radical (unpaired) electrons. The molecular weight excluding hydrogens is 328 g/mol. The lowest BCUT2D eigenvalue weighted by atomic mass is 10.2. The van der Waals surface area contributed by atoms with Gasteiger partial charge >= 0.3 is 0 Å². The van der Waals surface area contributed by atoms with E-state index in [9.17, 15) is 9.59 Å². The highest BCUT2D eigenvalue weighted by atomic mass is 32.2. The normalized spacial score (nSPS) is 16.8. The van der Waals surface area contributed by atoms with Gasteiger partial charge in [-0.05, 0) is 25.3 Å². The van der Waals surface area contributed by atoms with Crippen molar-refractivity contribution in [3.05, 3.63) is 41.9 Å². The third kappa shape index (κ3) is 3.33. The van der Waals surface area contributed by atoms with Gasteiger partial charge in [0, 0.05) is 19.3 Å². The van der Waals surface area contributed by atoms with Gasteiger partial charge in [0.05, 0.1) is 24.6 Å². The topological polar surface area (TPSA) is 80.4 Å². The molecule has 1 aliphatic rings. The molecule has 7 nitrogen and oxygen atoms in total. The average molecular weight is 348 g/mol. The maximum Gasteiger partial charge on any atom is 0.271 e. The van der Waals surface area contributed by atoms with Gasteiger partial charge in [-0.2, -0.15) is 11.8 Å². The van der Waals surface area contributed by atoms with E-state index in [1.54, 1.807) is 24.6 Å². The molecule has 0 bridgehead atoms. The third-order valence-corrected chi connectivity index (χ3v) is 4.59. The van der Waals surface area contributed by atoms with Crippen LogP contribution in [0.5, 0.6) is 0 Å². The molecule has 128 valence electrons. The quantitative estimate of drug-likeness (QED) is 0.889. The number of fused-ring (bicyclic) bond motifs is 1. The van der Waals surface area contributed by atoms with Crippen LogP contribution >= 0.6 is 11.8 Å². The van der Waals surface area contributed by atoms with Crippen LogP contribution < -0.4 is 5.32 Å². The summed E-state index contributed by atoms with van der Waals surface area (Å²) in [5, 5.41) is 2.79. The number of rotatable bonds is 5. The SMILES string of the molecule is CSCC(=O)N1CCn2cc(C(=O)NCc3ccco3)nc2[C@H]1C. The number of carbonyl (C=O) groups excluding carboxylic acids is 2. The maximum absolute atomic E-state index is 12.3. The Hall–Kier alpha value is -2.22. The van der Waals surface area contributed by atoms with E-state index < -0.39 is 0 Å². The monoisotopic (exact) mass is 348 g/mol. The molecule has 0 saturated carbocycles. The number of furan rings is 1. The second-order valence-electron chi connectivity index (χ2n) is 5.64. The molecule has 2 aromatic heterocycles. The van der Waals surface area contributed by atoms with Gasteiger partial charge in [-0.3, -0.25) is 9.59 Å². The van der Waals surface area contributed by atoms with E-state index in [1.165, 1.54) is 11.8 Å². The van der Waals surface area contributed by atoms with E-state index in [4.69, 9.17) is 4.42 Å². The van der Waals surface area contributed by atoms with Crippen molar-refractivity contribution in [3.8, 4) is 0 Å². The summed E-state index contributed by atoms with van der Waals surface area (Å²) in [6.45, 7) is 3.55. The fourth-order valence-corrected chi connectivity index (χ4v) is 3.23. The molecule has 0 unspecified atom stereocenters. The Bertz CT molecular complexity index is 726. The highest BCUT2D eigenvalue weighted by molar-refractivity contribution is 7.99. The first-order chi connectivity index (χ1) is 11.6. The first kappa shape index (κ1) is 16.6. The van der Waals surface area contributed by atoms with Crippen molar-refractivity contribution in [2.75, 3.05) is 18.6 Å². The number of aromatic nitrogens is 2. The molecule has 1 aliphatic heterocycles. The Morgan fingerprint density at radius 2 is 2.29 bits per heavy atom. The molecule has 0 spiro atoms. The number of nitrogens with one attached hydrogen (secondary N) is 1. The predicted octanol–water partition coefficient (Wildman–Crippen LogP) is 1.67. The summed E-state index contributed by atoms with van der Waals surface area (Å²) >= 11 is 1.51. The summed E-state index contributed by atoms with van der Waals surface area (Å²) in [6.07, 6.45) is 5.23. The fraction of sp³-hybridized carbons (Fsp3) is 0.438. The molecular formula is C16H20N4O3S. The number of nitrogens with zero attached hydrogens (tertiary/aromatic N) is 3. The summed E-state index contributed by atoms with van der Waals surface area (Å²) < 4.78 is 7.15. The standard InChI is InChI=1S/C16H20N4O3S/c1-11-15-18-13(16(22)17-8-12-4-3-7-23-12)9-19(15)5-6-20(11)14(21)10-24-2/h3-4,7,9,11H,5-6,8,10H2,1-2H3,(H,17,22)/t11-/m1/s1. The molecule has 2 aromatic rings. The van der Waals surface area contributed by atoms with Gasteiger partial charge in [-0.15, -0.1) is 0 Å². The molecule has 0 saturated heterocycles. The van der Waals surface area contributed by atoms with Crippen molar-refractivity contribution in [1.29, 1.82) is 0 Å². The molecule has 3 rings (SSSR count). The average Bonchev–Trinajstić information content (AvgIpc) is 3.23. The number of imidazole rings is 1. The van der Waals surface area contributed by atoms with Gasteiger partial charge in [-0.25, -0.2) is 4.98 Å². The minimum Gasteiger partial charge on any atom is -0.467 e. The van der Waals surface area contributed by atoms with Gasteiger partial charge in [0.1, 0.15) is 17.3 Å². The Labute approximate surface area is 144 Å². The first-order valence-corrected chi connectivity index (χ1v) is 9.15. The van der Waals surface area contributed by atoms with Crippen molar-refractivity contribution in [2.24, 2.45) is 0 Å². The molecule has 0 fully saturated rings. The Balaban J connectivity index is 1.69. The second-order valence-corrected chi connectivity index (χ2v) is 6.50. The smallest absolute Gasteiger partial charge is 0.271 e. The number of amides is 2. The molecule has 1 atom stereocenters. The summed E-state index contributed by atoms with van der Waals surface area (Å²) in [6, 6.07) is 3.44. The molecule has 24 heavy (non-hydrogen) atoms. The van der Waals surface area contributed by atoms with Crippen LogP contribution in [0.2, 0.25) is 0 Å². The second kappa shape index (κ2) is 7.12. The van der Waals surface area contributed by atoms with E-state index in [-0.39, 0.29) is 17.9 Å². The van der Waals surface area contributed by atoms with Crippen LogP contribution in [0.25, 0.3) is 0 Å². The minimum absolute atomic E-state index is 0.105. The van der Waals surface area contributed by atoms with E-state index in [0.717, 1.165) is 5.82 Å². The van der Waals surface area contributed by atoms with E-state index in [2.05, 4.69) is 10.3 Å². The fourth-order valence-electron chi connectivity index (χ4n) is 2.82. The van der Waals surface area contributed by atoms with Crippen molar-refractivity contribution in [3.63, 3.8) is 0 Å². The maximum atomic E-state index is 12.3. The molecule has 0 aromatic carbocycles. The largest absolute Gasteiger partial charge is 0.467 e. The van der Waals surface area contributed by atoms with Gasteiger partial charge in [-0.1, -0.05) is 0 Å². The third-order valence-electron chi connectivity index (χ3n) is 4.05. The Kier molecular flexibility index (Phi) is 4.94. The number of hydrogen-bond donors (Lipinski definition) is 1. The van der Waals surface area contributed by atoms with Gasteiger partial charge in [0.25, 0.3) is 5.91 Å². The van der Waals surface area contributed by atoms with Gasteiger partial charge in [0.15, 0.2) is 0 Å². The lowest BCUT2D eigenvalue weighted by Gasteiger charge is -2.33. The van der Waals surface area contributed by atoms with Crippen molar-refractivity contribution in [2.45, 2.75) is 26.1 Å². The van der Waals surface area contributed by atoms with Crippen LogP contribution in [0.3, 0.4) is 0 Å². The molecule has 8 heteroatoms. The van der Waals surface area contributed by atoms with E-state index >= 15 is 0 Å². The Morgan fingerprint density at radius 3 is 3.00 bits per heavy atom. The lowest BCUT2D eigenvalue weighted by Crippen LogP contribution is -2.41. The predicted molar refractivity (Wildman–Crippen MR) is 90.6 cm³/mol. The zero-order chi connectivity index (χ0) is 17.1. The minimum atomic E-state index is -0.248. The summed E-state index contributed by atoms with van der Waals surface area (Å²) in [5.74, 6) is 1.76. The number of thioether (sulfide) groups is 1. The van der Waals surface area contributed by atoms with E-state index in [0.29, 0.717) is 36.8 Å². The van der Waals surface area contributed by atoms with Crippen molar-refractivity contribution in [1.82, 2.24) is 19.8 Å². The highest BCUT2D eigenvalue weighted by Gasteiger charge is 2.30. The van der Waals surface area contributed by atoms with Gasteiger partial charge in [0.2, 0.25) is 5.91 Å². The molecule has 2 amide bonds. The number of carbonyl (C=O) groups is 2. The summed E-state index contributed by atoms with van der Waals surface area (Å²) in [4.78, 5) is 30.7. The summed E-state index contributed by atoms with van der Waals surface area (Å²) in [5.41, 5.74) is 0.363. The van der Waals surface area contributed by atoms with Crippen LogP contribution in [0.15, 0.2) is 29.0 Å². The molecule has 3 heterocycles. The van der Waals surface area contributed by atoms with Crippen LogP contribution in [0.4, 0.5) is 0 Å². The van der Waals surface area contributed by atoms with Crippen molar-refractivity contribution < 1.29 is 14.0 Å². The Morgan fingerprint density at radius 1 is 1.46 bits per heavy atom. The van der Waals surface area contributed by atoms with Crippen LogP contribution in [-0.4, -0.2) is 44.8 Å². The van der Waals surface area contributed by atoms with Crippen LogP contribution in [-0.2, 0) is 17.9 Å².